The summed E-state index contributed by atoms with van der Waals surface area (Å²) in [4.78, 5) is 26.4. The van der Waals surface area contributed by atoms with Gasteiger partial charge in [0.05, 0.1) is 0 Å². The largest absolute Gasteiger partial charge is 0.425 e. The number of ether oxygens (including phenoxy) is 2. The molecule has 0 radical (unpaired) electrons. The number of para-hydroxylation sites is 2. The van der Waals surface area contributed by atoms with Crippen LogP contribution < -0.4 is 9.47 Å². The van der Waals surface area contributed by atoms with E-state index in [2.05, 4.69) is 0 Å². The second kappa shape index (κ2) is 9.73. The molecule has 0 saturated heterocycles. The lowest BCUT2D eigenvalue weighted by atomic mass is 9.82. The van der Waals surface area contributed by atoms with Crippen LogP contribution in [-0.2, 0) is 9.59 Å². The molecular weight excluding hydrogens is 364 g/mol. The van der Waals surface area contributed by atoms with Crippen molar-refractivity contribution < 1.29 is 19.1 Å². The molecule has 2 aromatic carbocycles. The van der Waals surface area contributed by atoms with Gasteiger partial charge in [0.15, 0.2) is 5.41 Å². The van der Waals surface area contributed by atoms with E-state index in [9.17, 15) is 9.59 Å². The molecule has 0 atom stereocenters. The number of hydrogen-bond acceptors (Lipinski definition) is 4. The van der Waals surface area contributed by atoms with Crippen molar-refractivity contribution in [2.75, 3.05) is 0 Å². The molecule has 0 amide bonds. The van der Waals surface area contributed by atoms with Gasteiger partial charge in [0.2, 0.25) is 0 Å². The zero-order chi connectivity index (χ0) is 21.6. The van der Waals surface area contributed by atoms with E-state index in [1.165, 1.54) is 0 Å². The Kier molecular flexibility index (Phi) is 7.60. The van der Waals surface area contributed by atoms with Gasteiger partial charge < -0.3 is 9.47 Å². The van der Waals surface area contributed by atoms with Gasteiger partial charge in [-0.1, -0.05) is 77.9 Å². The molecule has 0 heterocycles. The smallest absolute Gasteiger partial charge is 0.328 e. The molecule has 0 aromatic heterocycles. The van der Waals surface area contributed by atoms with Crippen LogP contribution in [0.5, 0.6) is 11.5 Å². The SMILES string of the molecule is CCC(CC)(C(=O)Oc1ccccc1C(C)C)C(=O)Oc1ccccc1C(C)C. The van der Waals surface area contributed by atoms with Crippen LogP contribution >= 0.6 is 0 Å². The van der Waals surface area contributed by atoms with E-state index >= 15 is 0 Å². The molecule has 0 spiro atoms. The molecule has 2 aromatic rings. The predicted octanol–water partition coefficient (Wildman–Crippen LogP) is 6.25. The van der Waals surface area contributed by atoms with E-state index in [0.717, 1.165) is 11.1 Å². The summed E-state index contributed by atoms with van der Waals surface area (Å²) in [5.41, 5.74) is 0.509. The fraction of sp³-hybridized carbons (Fsp3) is 0.440. The monoisotopic (exact) mass is 396 g/mol. The van der Waals surface area contributed by atoms with Gasteiger partial charge in [-0.25, -0.2) is 0 Å². The van der Waals surface area contributed by atoms with Gasteiger partial charge in [0.1, 0.15) is 11.5 Å². The van der Waals surface area contributed by atoms with Crippen molar-refractivity contribution in [1.82, 2.24) is 0 Å². The molecule has 0 aliphatic carbocycles. The maximum absolute atomic E-state index is 13.2. The third-order valence-electron chi connectivity index (χ3n) is 5.48. The van der Waals surface area contributed by atoms with Crippen LogP contribution in [0.25, 0.3) is 0 Å². The van der Waals surface area contributed by atoms with E-state index in [0.29, 0.717) is 24.3 Å². The normalized spacial score (nSPS) is 11.6. The summed E-state index contributed by atoms with van der Waals surface area (Å²) in [5.74, 6) is 0.247. The number of esters is 2. The van der Waals surface area contributed by atoms with Crippen molar-refractivity contribution in [3.63, 3.8) is 0 Å². The van der Waals surface area contributed by atoms with Gasteiger partial charge in [-0.3, -0.25) is 9.59 Å². The second-order valence-corrected chi connectivity index (χ2v) is 7.95. The standard InChI is InChI=1S/C25H32O4/c1-7-25(8-2,23(26)28-21-15-11-9-13-19(21)17(3)4)24(27)29-22-16-12-10-14-20(22)18(5)6/h9-18H,7-8H2,1-6H3. The first kappa shape index (κ1) is 22.7. The van der Waals surface area contributed by atoms with Crippen LogP contribution in [0.2, 0.25) is 0 Å². The van der Waals surface area contributed by atoms with Crippen molar-refractivity contribution in [3.05, 3.63) is 59.7 Å². The molecular formula is C25H32O4. The third kappa shape index (κ3) is 4.87. The van der Waals surface area contributed by atoms with Crippen LogP contribution in [0.1, 0.15) is 77.3 Å². The van der Waals surface area contributed by atoms with Crippen LogP contribution in [0, 0.1) is 5.41 Å². The summed E-state index contributed by atoms with van der Waals surface area (Å²) in [6.07, 6.45) is 0.601. The molecule has 0 aliphatic heterocycles. The van der Waals surface area contributed by atoms with Gasteiger partial charge in [0, 0.05) is 0 Å². The zero-order valence-electron chi connectivity index (χ0n) is 18.3. The third-order valence-corrected chi connectivity index (χ3v) is 5.48. The Morgan fingerprint density at radius 3 is 1.38 bits per heavy atom. The summed E-state index contributed by atoms with van der Waals surface area (Å²) >= 11 is 0. The highest BCUT2D eigenvalue weighted by atomic mass is 16.6. The minimum atomic E-state index is -1.35. The predicted molar refractivity (Wildman–Crippen MR) is 115 cm³/mol. The maximum Gasteiger partial charge on any atom is 0.328 e. The van der Waals surface area contributed by atoms with Gasteiger partial charge in [-0.15, -0.1) is 0 Å². The fourth-order valence-electron chi connectivity index (χ4n) is 3.41. The summed E-state index contributed by atoms with van der Waals surface area (Å²) in [6, 6.07) is 14.9. The quantitative estimate of drug-likeness (QED) is 0.301. The summed E-state index contributed by atoms with van der Waals surface area (Å²) < 4.78 is 11.5. The molecule has 0 aliphatic rings. The van der Waals surface area contributed by atoms with Gasteiger partial charge in [-0.2, -0.15) is 0 Å². The lowest BCUT2D eigenvalue weighted by Gasteiger charge is -2.28. The Morgan fingerprint density at radius 2 is 1.07 bits per heavy atom. The Morgan fingerprint density at radius 1 is 0.724 bits per heavy atom. The van der Waals surface area contributed by atoms with E-state index < -0.39 is 17.4 Å². The van der Waals surface area contributed by atoms with Gasteiger partial charge in [-0.05, 0) is 47.9 Å². The van der Waals surface area contributed by atoms with E-state index in [4.69, 9.17) is 9.47 Å². The zero-order valence-corrected chi connectivity index (χ0v) is 18.3. The van der Waals surface area contributed by atoms with Crippen molar-refractivity contribution in [3.8, 4) is 11.5 Å². The molecule has 4 heteroatoms. The lowest BCUT2D eigenvalue weighted by Crippen LogP contribution is -2.44. The summed E-state index contributed by atoms with van der Waals surface area (Å²) in [7, 11) is 0. The van der Waals surface area contributed by atoms with Crippen LogP contribution in [0.15, 0.2) is 48.5 Å². The topological polar surface area (TPSA) is 52.6 Å². The molecule has 2 rings (SSSR count). The number of carbonyl (C=O) groups is 2. The molecule has 0 N–H and O–H groups in total. The Bertz CT molecular complexity index is 780. The lowest BCUT2D eigenvalue weighted by molar-refractivity contribution is -0.161. The van der Waals surface area contributed by atoms with Crippen molar-refractivity contribution >= 4 is 11.9 Å². The molecule has 4 nitrogen and oxygen atoms in total. The van der Waals surface area contributed by atoms with Crippen molar-refractivity contribution in [2.45, 2.75) is 66.2 Å². The van der Waals surface area contributed by atoms with Crippen molar-refractivity contribution in [2.24, 2.45) is 5.41 Å². The molecule has 0 fully saturated rings. The van der Waals surface area contributed by atoms with Gasteiger partial charge >= 0.3 is 11.9 Å². The number of benzene rings is 2. The molecule has 156 valence electrons. The van der Waals surface area contributed by atoms with Crippen LogP contribution in [-0.4, -0.2) is 11.9 Å². The first-order valence-corrected chi connectivity index (χ1v) is 10.4. The number of carbonyl (C=O) groups excluding carboxylic acids is 2. The average molecular weight is 397 g/mol. The number of rotatable bonds is 8. The highest BCUT2D eigenvalue weighted by Gasteiger charge is 2.47. The first-order chi connectivity index (χ1) is 13.8. The maximum atomic E-state index is 13.2. The Balaban J connectivity index is 2.34. The molecule has 29 heavy (non-hydrogen) atoms. The summed E-state index contributed by atoms with van der Waals surface area (Å²) in [5, 5.41) is 0. The molecule has 0 saturated carbocycles. The van der Waals surface area contributed by atoms with E-state index in [-0.39, 0.29) is 11.8 Å². The Labute approximate surface area is 174 Å². The average Bonchev–Trinajstić information content (AvgIpc) is 2.70. The second-order valence-electron chi connectivity index (χ2n) is 7.95. The van der Waals surface area contributed by atoms with Gasteiger partial charge in [0.25, 0.3) is 0 Å². The molecule has 0 unspecified atom stereocenters. The van der Waals surface area contributed by atoms with E-state index in [1.807, 2.05) is 77.9 Å². The van der Waals surface area contributed by atoms with Crippen LogP contribution in [0.4, 0.5) is 0 Å². The minimum absolute atomic E-state index is 0.196. The summed E-state index contributed by atoms with van der Waals surface area (Å²) in [6.45, 7) is 11.8. The number of hydrogen-bond donors (Lipinski definition) is 0. The van der Waals surface area contributed by atoms with Crippen LogP contribution in [0.3, 0.4) is 0 Å². The fourth-order valence-corrected chi connectivity index (χ4v) is 3.41. The molecule has 0 bridgehead atoms. The Hall–Kier alpha value is -2.62. The van der Waals surface area contributed by atoms with E-state index in [1.54, 1.807) is 12.1 Å². The highest BCUT2D eigenvalue weighted by Crippen LogP contribution is 2.35. The van der Waals surface area contributed by atoms with Crippen molar-refractivity contribution in [1.29, 1.82) is 0 Å². The first-order valence-electron chi connectivity index (χ1n) is 10.4. The minimum Gasteiger partial charge on any atom is -0.425 e. The highest BCUT2D eigenvalue weighted by molar-refractivity contribution is 6.01.